The van der Waals surface area contributed by atoms with Crippen LogP contribution in [0.4, 0.5) is 0 Å². The van der Waals surface area contributed by atoms with E-state index in [0.717, 1.165) is 40.5 Å². The Bertz CT molecular complexity index is 808. The Morgan fingerprint density at radius 3 is 2.40 bits per heavy atom. The van der Waals surface area contributed by atoms with Crippen molar-refractivity contribution >= 4 is 0 Å². The lowest BCUT2D eigenvalue weighted by Gasteiger charge is -2.08. The molecule has 0 fully saturated rings. The summed E-state index contributed by atoms with van der Waals surface area (Å²) in [6.45, 7) is 5.94. The quantitative estimate of drug-likeness (QED) is 0.618. The van der Waals surface area contributed by atoms with Crippen LogP contribution in [-0.4, -0.2) is 35.1 Å². The van der Waals surface area contributed by atoms with Crippen molar-refractivity contribution in [3.63, 3.8) is 0 Å². The topological polar surface area (TPSA) is 49.2 Å². The van der Waals surface area contributed by atoms with Crippen LogP contribution in [-0.2, 0) is 11.3 Å². The molecule has 130 valence electrons. The highest BCUT2D eigenvalue weighted by Crippen LogP contribution is 2.21. The number of hydrogen-bond acceptors (Lipinski definition) is 4. The van der Waals surface area contributed by atoms with Crippen LogP contribution in [0.3, 0.4) is 0 Å². The third-order valence-corrected chi connectivity index (χ3v) is 3.97. The predicted molar refractivity (Wildman–Crippen MR) is 97.8 cm³/mol. The number of ether oxygens (including phenoxy) is 2. The summed E-state index contributed by atoms with van der Waals surface area (Å²) in [4.78, 5) is 4.58. The van der Waals surface area contributed by atoms with Crippen molar-refractivity contribution in [3.8, 4) is 17.0 Å². The Morgan fingerprint density at radius 1 is 1.00 bits per heavy atom. The first kappa shape index (κ1) is 17.2. The van der Waals surface area contributed by atoms with Gasteiger partial charge in [-0.15, -0.1) is 0 Å². The van der Waals surface area contributed by atoms with Crippen molar-refractivity contribution in [1.82, 2.24) is 14.8 Å². The molecule has 0 amide bonds. The van der Waals surface area contributed by atoms with Gasteiger partial charge in [0.2, 0.25) is 0 Å². The Labute approximate surface area is 148 Å². The summed E-state index contributed by atoms with van der Waals surface area (Å²) in [7, 11) is 1.66. The summed E-state index contributed by atoms with van der Waals surface area (Å²) in [6, 6.07) is 14.2. The van der Waals surface area contributed by atoms with Gasteiger partial charge in [0.05, 0.1) is 24.5 Å². The molecule has 1 aromatic carbocycles. The summed E-state index contributed by atoms with van der Waals surface area (Å²) >= 11 is 0. The van der Waals surface area contributed by atoms with E-state index in [2.05, 4.69) is 29.1 Å². The molecule has 2 heterocycles. The van der Waals surface area contributed by atoms with Gasteiger partial charge in [0.15, 0.2) is 0 Å². The van der Waals surface area contributed by atoms with Gasteiger partial charge in [0.25, 0.3) is 0 Å². The molecule has 0 bridgehead atoms. The van der Waals surface area contributed by atoms with Gasteiger partial charge in [-0.05, 0) is 55.8 Å². The first-order valence-corrected chi connectivity index (χ1v) is 8.34. The number of benzene rings is 1. The lowest BCUT2D eigenvalue weighted by molar-refractivity contribution is 0.146. The molecule has 0 unspecified atom stereocenters. The zero-order chi connectivity index (χ0) is 17.6. The largest absolute Gasteiger partial charge is 0.491 e. The summed E-state index contributed by atoms with van der Waals surface area (Å²) in [6.07, 6.45) is 1.91. The lowest BCUT2D eigenvalue weighted by atomic mass is 10.1. The van der Waals surface area contributed by atoms with E-state index in [1.807, 2.05) is 48.1 Å². The smallest absolute Gasteiger partial charge is 0.119 e. The fourth-order valence-electron chi connectivity index (χ4n) is 2.66. The van der Waals surface area contributed by atoms with Gasteiger partial charge in [-0.25, -0.2) is 0 Å². The maximum atomic E-state index is 5.58. The van der Waals surface area contributed by atoms with Crippen LogP contribution in [0.5, 0.6) is 5.75 Å². The molecule has 5 nitrogen and oxygen atoms in total. The zero-order valence-corrected chi connectivity index (χ0v) is 14.9. The van der Waals surface area contributed by atoms with Crippen LogP contribution in [0.2, 0.25) is 0 Å². The molecule has 25 heavy (non-hydrogen) atoms. The number of rotatable bonds is 7. The SMILES string of the molecule is COCCOc1ccc(-c2ccc(Cn3nc(C)cc3C)cn2)cc1. The molecule has 3 aromatic rings. The van der Waals surface area contributed by atoms with Crippen LogP contribution in [0.25, 0.3) is 11.3 Å². The molecule has 3 rings (SSSR count). The van der Waals surface area contributed by atoms with E-state index < -0.39 is 0 Å². The van der Waals surface area contributed by atoms with Gasteiger partial charge < -0.3 is 9.47 Å². The monoisotopic (exact) mass is 337 g/mol. The van der Waals surface area contributed by atoms with Gasteiger partial charge in [0.1, 0.15) is 12.4 Å². The summed E-state index contributed by atoms with van der Waals surface area (Å²) < 4.78 is 12.6. The molecule has 0 spiro atoms. The summed E-state index contributed by atoms with van der Waals surface area (Å²) in [5, 5.41) is 4.49. The molecule has 0 radical (unpaired) electrons. The Kier molecular flexibility index (Phi) is 5.46. The standard InChI is InChI=1S/C20H23N3O2/c1-15-12-16(2)23(22-15)14-17-4-9-20(21-13-17)18-5-7-19(8-6-18)25-11-10-24-3/h4-9,12-13H,10-11,14H2,1-3H3. The molecule has 5 heteroatoms. The number of aryl methyl sites for hydroxylation is 2. The highest BCUT2D eigenvalue weighted by molar-refractivity contribution is 5.60. The second-order valence-corrected chi connectivity index (χ2v) is 6.00. The minimum absolute atomic E-state index is 0.551. The van der Waals surface area contributed by atoms with Gasteiger partial charge in [-0.1, -0.05) is 6.07 Å². The Hall–Kier alpha value is -2.66. The van der Waals surface area contributed by atoms with Gasteiger partial charge in [0, 0.05) is 24.6 Å². The van der Waals surface area contributed by atoms with E-state index in [9.17, 15) is 0 Å². The highest BCUT2D eigenvalue weighted by atomic mass is 16.5. The molecular formula is C20H23N3O2. The molecule has 0 saturated carbocycles. The lowest BCUT2D eigenvalue weighted by Crippen LogP contribution is -2.04. The molecule has 0 aliphatic rings. The zero-order valence-electron chi connectivity index (χ0n) is 14.9. The highest BCUT2D eigenvalue weighted by Gasteiger charge is 2.04. The molecule has 2 aromatic heterocycles. The Morgan fingerprint density at radius 2 is 1.80 bits per heavy atom. The fraction of sp³-hybridized carbons (Fsp3) is 0.300. The van der Waals surface area contributed by atoms with Crippen LogP contribution in [0.1, 0.15) is 17.0 Å². The third kappa shape index (κ3) is 4.45. The molecule has 0 aliphatic carbocycles. The van der Waals surface area contributed by atoms with Crippen molar-refractivity contribution < 1.29 is 9.47 Å². The maximum Gasteiger partial charge on any atom is 0.119 e. The number of pyridine rings is 1. The average Bonchev–Trinajstić information content (AvgIpc) is 2.94. The second kappa shape index (κ2) is 7.94. The number of hydrogen-bond donors (Lipinski definition) is 0. The average molecular weight is 337 g/mol. The first-order chi connectivity index (χ1) is 12.2. The van der Waals surface area contributed by atoms with Crippen molar-refractivity contribution in [3.05, 3.63) is 65.6 Å². The Balaban J connectivity index is 1.66. The maximum absolute atomic E-state index is 5.58. The number of nitrogens with zero attached hydrogens (tertiary/aromatic N) is 3. The molecule has 0 atom stereocenters. The molecule has 0 N–H and O–H groups in total. The van der Waals surface area contributed by atoms with Crippen LogP contribution in [0, 0.1) is 13.8 Å². The van der Waals surface area contributed by atoms with E-state index in [4.69, 9.17) is 9.47 Å². The van der Waals surface area contributed by atoms with E-state index in [0.29, 0.717) is 13.2 Å². The van der Waals surface area contributed by atoms with E-state index in [-0.39, 0.29) is 0 Å². The van der Waals surface area contributed by atoms with Gasteiger partial charge in [-0.2, -0.15) is 5.10 Å². The number of methoxy groups -OCH3 is 1. The van der Waals surface area contributed by atoms with Crippen molar-refractivity contribution in [2.75, 3.05) is 20.3 Å². The van der Waals surface area contributed by atoms with Crippen LogP contribution in [0.15, 0.2) is 48.7 Å². The fourth-order valence-corrected chi connectivity index (χ4v) is 2.66. The van der Waals surface area contributed by atoms with E-state index in [1.54, 1.807) is 7.11 Å². The van der Waals surface area contributed by atoms with Crippen molar-refractivity contribution in [1.29, 1.82) is 0 Å². The minimum Gasteiger partial charge on any atom is -0.491 e. The van der Waals surface area contributed by atoms with E-state index in [1.165, 1.54) is 0 Å². The molecular weight excluding hydrogens is 314 g/mol. The predicted octanol–water partition coefficient (Wildman–Crippen LogP) is 3.64. The first-order valence-electron chi connectivity index (χ1n) is 8.34. The van der Waals surface area contributed by atoms with E-state index >= 15 is 0 Å². The van der Waals surface area contributed by atoms with Crippen molar-refractivity contribution in [2.45, 2.75) is 20.4 Å². The van der Waals surface area contributed by atoms with Gasteiger partial charge >= 0.3 is 0 Å². The van der Waals surface area contributed by atoms with Gasteiger partial charge in [-0.3, -0.25) is 9.67 Å². The summed E-state index contributed by atoms with van der Waals surface area (Å²) in [5.41, 5.74) is 5.34. The second-order valence-electron chi connectivity index (χ2n) is 6.00. The van der Waals surface area contributed by atoms with Crippen LogP contribution >= 0.6 is 0 Å². The van der Waals surface area contributed by atoms with Crippen molar-refractivity contribution in [2.24, 2.45) is 0 Å². The number of aromatic nitrogens is 3. The normalized spacial score (nSPS) is 10.8. The molecule has 0 saturated heterocycles. The van der Waals surface area contributed by atoms with Crippen LogP contribution < -0.4 is 4.74 Å². The summed E-state index contributed by atoms with van der Waals surface area (Å²) in [5.74, 6) is 0.835. The minimum atomic E-state index is 0.551. The molecule has 0 aliphatic heterocycles. The third-order valence-electron chi connectivity index (χ3n) is 3.97.